The number of hydrogen-bond donors (Lipinski definition) is 1. The van der Waals surface area contributed by atoms with Gasteiger partial charge in [0.25, 0.3) is 0 Å². The highest BCUT2D eigenvalue weighted by atomic mass is 32.2. The van der Waals surface area contributed by atoms with Crippen molar-refractivity contribution in [2.75, 3.05) is 11.5 Å². The van der Waals surface area contributed by atoms with E-state index in [1.165, 1.54) is 29.1 Å². The first-order valence-corrected chi connectivity index (χ1v) is 7.58. The summed E-state index contributed by atoms with van der Waals surface area (Å²) in [5, 5.41) is 0. The molecule has 0 amide bonds. The summed E-state index contributed by atoms with van der Waals surface area (Å²) in [6.45, 7) is 6.73. The molecular weight excluding hydrogens is 232 g/mol. The molecule has 0 aliphatic rings. The van der Waals surface area contributed by atoms with Crippen LogP contribution >= 0.6 is 24.4 Å². The van der Waals surface area contributed by atoms with Crippen molar-refractivity contribution in [2.45, 2.75) is 38.5 Å². The van der Waals surface area contributed by atoms with Crippen LogP contribution in [0.15, 0.2) is 29.2 Å². The molecular formula is C14H22S2. The molecule has 0 bridgehead atoms. The number of benzene rings is 1. The summed E-state index contributed by atoms with van der Waals surface area (Å²) in [6, 6.07) is 8.62. The van der Waals surface area contributed by atoms with Crippen LogP contribution in [-0.2, 0) is 0 Å². The fourth-order valence-electron chi connectivity index (χ4n) is 1.67. The molecule has 2 heteroatoms. The molecule has 0 N–H and O–H groups in total. The number of aryl methyl sites for hydroxylation is 1. The van der Waals surface area contributed by atoms with Gasteiger partial charge in [0.05, 0.1) is 0 Å². The molecule has 0 atom stereocenters. The molecule has 0 heterocycles. The number of thioether (sulfide) groups is 1. The third-order valence-electron chi connectivity index (χ3n) is 3.46. The lowest BCUT2D eigenvalue weighted by molar-refractivity contribution is 0.357. The van der Waals surface area contributed by atoms with Crippen molar-refractivity contribution in [3.05, 3.63) is 29.8 Å². The zero-order valence-corrected chi connectivity index (χ0v) is 12.2. The Balaban J connectivity index is 2.66. The van der Waals surface area contributed by atoms with Gasteiger partial charge in [-0.3, -0.25) is 0 Å². The number of hydrogen-bond acceptors (Lipinski definition) is 2. The molecule has 0 fully saturated rings. The van der Waals surface area contributed by atoms with E-state index in [2.05, 4.69) is 57.7 Å². The van der Waals surface area contributed by atoms with Gasteiger partial charge in [0.2, 0.25) is 0 Å². The standard InChI is InChI=1S/C14H22S2/c1-4-14(5-2,10-15)11-16-13-9-7-6-8-12(13)3/h6-9,15H,4-5,10-11H2,1-3H3. The maximum absolute atomic E-state index is 4.52. The van der Waals surface area contributed by atoms with Crippen molar-refractivity contribution in [1.82, 2.24) is 0 Å². The SMILES string of the molecule is CCC(CC)(CS)CSc1ccccc1C. The topological polar surface area (TPSA) is 0 Å². The summed E-state index contributed by atoms with van der Waals surface area (Å²) in [6.07, 6.45) is 2.43. The highest BCUT2D eigenvalue weighted by Gasteiger charge is 2.24. The molecule has 0 unspecified atom stereocenters. The van der Waals surface area contributed by atoms with Crippen LogP contribution in [0.3, 0.4) is 0 Å². The van der Waals surface area contributed by atoms with E-state index in [0.717, 1.165) is 5.75 Å². The number of rotatable bonds is 6. The predicted molar refractivity (Wildman–Crippen MR) is 78.8 cm³/mol. The predicted octanol–water partition coefficient (Wildman–Crippen LogP) is 4.82. The van der Waals surface area contributed by atoms with E-state index in [-0.39, 0.29) is 0 Å². The maximum Gasteiger partial charge on any atom is 0.0101 e. The average Bonchev–Trinajstić information content (AvgIpc) is 2.34. The molecule has 90 valence electrons. The van der Waals surface area contributed by atoms with Crippen LogP contribution in [0, 0.1) is 12.3 Å². The molecule has 0 aromatic heterocycles. The normalized spacial score (nSPS) is 11.8. The van der Waals surface area contributed by atoms with Crippen LogP contribution in [0.25, 0.3) is 0 Å². The first-order chi connectivity index (χ1) is 7.67. The van der Waals surface area contributed by atoms with E-state index >= 15 is 0 Å². The van der Waals surface area contributed by atoms with Gasteiger partial charge < -0.3 is 0 Å². The van der Waals surface area contributed by atoms with Gasteiger partial charge in [-0.1, -0.05) is 32.0 Å². The summed E-state index contributed by atoms with van der Waals surface area (Å²) in [7, 11) is 0. The molecule has 1 aromatic rings. The minimum Gasteiger partial charge on any atom is -0.179 e. The van der Waals surface area contributed by atoms with Gasteiger partial charge in [-0.15, -0.1) is 11.8 Å². The molecule has 0 nitrogen and oxygen atoms in total. The van der Waals surface area contributed by atoms with E-state index < -0.39 is 0 Å². The van der Waals surface area contributed by atoms with Gasteiger partial charge in [0, 0.05) is 10.6 Å². The quantitative estimate of drug-likeness (QED) is 0.561. The van der Waals surface area contributed by atoms with Crippen LogP contribution in [0.4, 0.5) is 0 Å². The summed E-state index contributed by atoms with van der Waals surface area (Å²) >= 11 is 6.50. The fraction of sp³-hybridized carbons (Fsp3) is 0.571. The largest absolute Gasteiger partial charge is 0.179 e. The Hall–Kier alpha value is -0.0800. The Labute approximate surface area is 110 Å². The molecule has 0 saturated carbocycles. The molecule has 1 aromatic carbocycles. The van der Waals surface area contributed by atoms with E-state index in [0.29, 0.717) is 5.41 Å². The lowest BCUT2D eigenvalue weighted by Gasteiger charge is -2.29. The van der Waals surface area contributed by atoms with Gasteiger partial charge >= 0.3 is 0 Å². The molecule has 0 saturated heterocycles. The number of thiol groups is 1. The Kier molecular flexibility index (Phi) is 5.77. The second kappa shape index (κ2) is 6.61. The average molecular weight is 254 g/mol. The smallest absolute Gasteiger partial charge is 0.0101 e. The van der Waals surface area contributed by atoms with Gasteiger partial charge in [-0.25, -0.2) is 0 Å². The summed E-state index contributed by atoms with van der Waals surface area (Å²) in [4.78, 5) is 1.41. The van der Waals surface area contributed by atoms with Crippen LogP contribution < -0.4 is 0 Å². The van der Waals surface area contributed by atoms with Gasteiger partial charge in [0.15, 0.2) is 0 Å². The molecule has 0 spiro atoms. The Bertz CT molecular complexity index is 308. The molecule has 16 heavy (non-hydrogen) atoms. The molecule has 1 rings (SSSR count). The minimum absolute atomic E-state index is 0.399. The van der Waals surface area contributed by atoms with Gasteiger partial charge in [0.1, 0.15) is 0 Å². The second-order valence-electron chi connectivity index (χ2n) is 4.42. The summed E-state index contributed by atoms with van der Waals surface area (Å²) in [5.74, 6) is 2.16. The van der Waals surface area contributed by atoms with Crippen LogP contribution in [0.1, 0.15) is 32.3 Å². The molecule has 0 radical (unpaired) electrons. The van der Waals surface area contributed by atoms with Crippen LogP contribution in [0.2, 0.25) is 0 Å². The first kappa shape index (κ1) is 14.0. The first-order valence-electron chi connectivity index (χ1n) is 5.96. The molecule has 0 aliphatic carbocycles. The lowest BCUT2D eigenvalue weighted by Crippen LogP contribution is -2.24. The van der Waals surface area contributed by atoms with Crippen molar-refractivity contribution in [3.63, 3.8) is 0 Å². The van der Waals surface area contributed by atoms with E-state index in [1.807, 2.05) is 11.8 Å². The second-order valence-corrected chi connectivity index (χ2v) is 5.75. The van der Waals surface area contributed by atoms with E-state index in [9.17, 15) is 0 Å². The van der Waals surface area contributed by atoms with Gasteiger partial charge in [-0.05, 0) is 42.6 Å². The fourth-order valence-corrected chi connectivity index (χ4v) is 3.83. The molecule has 0 aliphatic heterocycles. The van der Waals surface area contributed by atoms with Crippen molar-refractivity contribution >= 4 is 24.4 Å². The lowest BCUT2D eigenvalue weighted by atomic mass is 9.87. The maximum atomic E-state index is 4.52. The Morgan fingerprint density at radius 3 is 2.31 bits per heavy atom. The summed E-state index contributed by atoms with van der Waals surface area (Å²) in [5.41, 5.74) is 1.78. The zero-order valence-electron chi connectivity index (χ0n) is 10.5. The Morgan fingerprint density at radius 2 is 1.81 bits per heavy atom. The Morgan fingerprint density at radius 1 is 1.19 bits per heavy atom. The van der Waals surface area contributed by atoms with Crippen molar-refractivity contribution in [3.8, 4) is 0 Å². The van der Waals surface area contributed by atoms with E-state index in [1.54, 1.807) is 0 Å². The highest BCUT2D eigenvalue weighted by Crippen LogP contribution is 2.35. The monoisotopic (exact) mass is 254 g/mol. The third-order valence-corrected chi connectivity index (χ3v) is 5.66. The highest BCUT2D eigenvalue weighted by molar-refractivity contribution is 7.99. The van der Waals surface area contributed by atoms with Crippen LogP contribution in [-0.4, -0.2) is 11.5 Å². The van der Waals surface area contributed by atoms with Crippen molar-refractivity contribution in [1.29, 1.82) is 0 Å². The van der Waals surface area contributed by atoms with Crippen molar-refractivity contribution < 1.29 is 0 Å². The van der Waals surface area contributed by atoms with Gasteiger partial charge in [-0.2, -0.15) is 12.6 Å². The minimum atomic E-state index is 0.399. The zero-order chi connectivity index (χ0) is 12.0. The van der Waals surface area contributed by atoms with Crippen LogP contribution in [0.5, 0.6) is 0 Å². The van der Waals surface area contributed by atoms with Crippen molar-refractivity contribution in [2.24, 2.45) is 5.41 Å². The van der Waals surface area contributed by atoms with E-state index in [4.69, 9.17) is 0 Å². The third kappa shape index (κ3) is 3.46. The summed E-state index contributed by atoms with van der Waals surface area (Å²) < 4.78 is 0.